The van der Waals surface area contributed by atoms with E-state index in [0.717, 1.165) is 42.1 Å². The molecule has 3 aromatic rings. The molecule has 1 N–H and O–H groups in total. The number of amides is 1. The molecule has 5 heterocycles. The molecule has 3 aliphatic rings. The lowest BCUT2D eigenvalue weighted by Crippen LogP contribution is -2.48. The van der Waals surface area contributed by atoms with E-state index in [1.807, 2.05) is 24.9 Å². The number of piperidine rings is 1. The van der Waals surface area contributed by atoms with Crippen LogP contribution in [0.4, 0.5) is 5.69 Å². The standard InChI is InChI=1S/C25H29N5O3/c1-17-19(14-26-28(17)2)23(31)29-11-8-24(9-12-29)15-25(16-33-24)22-5-4-10-30(22)21-7-6-18(32-3)13-20(21)27-25/h4-7,10,13-14,27H,8-9,11-12,15-16H2,1-3H3. The molecular weight excluding hydrogens is 418 g/mol. The molecule has 2 aromatic heterocycles. The maximum absolute atomic E-state index is 13.1. The predicted molar refractivity (Wildman–Crippen MR) is 124 cm³/mol. The van der Waals surface area contributed by atoms with Crippen LogP contribution >= 0.6 is 0 Å². The molecule has 8 nitrogen and oxygen atoms in total. The Morgan fingerprint density at radius 2 is 2.06 bits per heavy atom. The summed E-state index contributed by atoms with van der Waals surface area (Å²) in [6, 6.07) is 10.4. The average Bonchev–Trinajstić information content (AvgIpc) is 3.54. The van der Waals surface area contributed by atoms with E-state index < -0.39 is 0 Å². The Balaban J connectivity index is 1.24. The van der Waals surface area contributed by atoms with E-state index in [4.69, 9.17) is 9.47 Å². The van der Waals surface area contributed by atoms with Crippen molar-refractivity contribution in [1.29, 1.82) is 0 Å². The first-order valence-electron chi connectivity index (χ1n) is 11.5. The van der Waals surface area contributed by atoms with Crippen molar-refractivity contribution in [2.75, 3.05) is 32.1 Å². The highest BCUT2D eigenvalue weighted by atomic mass is 16.5. The molecule has 1 amide bonds. The van der Waals surface area contributed by atoms with Crippen LogP contribution in [0.3, 0.4) is 0 Å². The van der Waals surface area contributed by atoms with Gasteiger partial charge in [-0.1, -0.05) is 0 Å². The molecule has 8 heteroatoms. The predicted octanol–water partition coefficient (Wildman–Crippen LogP) is 3.24. The molecule has 172 valence electrons. The molecule has 0 bridgehead atoms. The van der Waals surface area contributed by atoms with Crippen LogP contribution in [0.25, 0.3) is 5.69 Å². The Hall–Kier alpha value is -3.26. The summed E-state index contributed by atoms with van der Waals surface area (Å²) in [7, 11) is 3.56. The third-order valence-electron chi connectivity index (χ3n) is 7.75. The van der Waals surface area contributed by atoms with Crippen LogP contribution in [0.2, 0.25) is 0 Å². The van der Waals surface area contributed by atoms with Gasteiger partial charge in [-0.2, -0.15) is 5.10 Å². The Labute approximate surface area is 193 Å². The van der Waals surface area contributed by atoms with Crippen molar-refractivity contribution in [3.05, 3.63) is 59.7 Å². The molecule has 2 saturated heterocycles. The van der Waals surface area contributed by atoms with Crippen molar-refractivity contribution in [2.45, 2.75) is 37.3 Å². The second-order valence-corrected chi connectivity index (χ2v) is 9.56. The van der Waals surface area contributed by atoms with Crippen LogP contribution in [0.1, 0.15) is 41.0 Å². The summed E-state index contributed by atoms with van der Waals surface area (Å²) in [5.41, 5.74) is 4.45. The fraction of sp³-hybridized carbons (Fsp3) is 0.440. The fourth-order valence-electron chi connectivity index (χ4n) is 5.75. The number of likely N-dealkylation sites (tertiary alicyclic amines) is 1. The first-order chi connectivity index (χ1) is 15.9. The number of hydrogen-bond donors (Lipinski definition) is 1. The third-order valence-corrected chi connectivity index (χ3v) is 7.75. The minimum absolute atomic E-state index is 0.0638. The maximum Gasteiger partial charge on any atom is 0.257 e. The van der Waals surface area contributed by atoms with Crippen molar-refractivity contribution in [1.82, 2.24) is 19.2 Å². The highest BCUT2D eigenvalue weighted by Gasteiger charge is 2.54. The lowest BCUT2D eigenvalue weighted by molar-refractivity contribution is -0.0392. The van der Waals surface area contributed by atoms with Gasteiger partial charge in [0, 0.05) is 44.5 Å². The fourth-order valence-corrected chi connectivity index (χ4v) is 5.75. The van der Waals surface area contributed by atoms with E-state index in [9.17, 15) is 4.79 Å². The molecular formula is C25H29N5O3. The van der Waals surface area contributed by atoms with Crippen LogP contribution in [0, 0.1) is 6.92 Å². The zero-order valence-corrected chi connectivity index (χ0v) is 19.3. The number of hydrogen-bond acceptors (Lipinski definition) is 5. The molecule has 2 spiro atoms. The van der Waals surface area contributed by atoms with Gasteiger partial charge in [0.15, 0.2) is 0 Å². The number of fused-ring (bicyclic) bond motifs is 4. The number of rotatable bonds is 2. The summed E-state index contributed by atoms with van der Waals surface area (Å²) in [5.74, 6) is 0.895. The number of aryl methyl sites for hydroxylation is 1. The molecule has 2 fully saturated rings. The van der Waals surface area contributed by atoms with Crippen molar-refractivity contribution in [3.63, 3.8) is 0 Å². The minimum atomic E-state index is -0.297. The van der Waals surface area contributed by atoms with Crippen LogP contribution in [0.15, 0.2) is 42.7 Å². The summed E-state index contributed by atoms with van der Waals surface area (Å²) in [6.45, 7) is 3.92. The summed E-state index contributed by atoms with van der Waals surface area (Å²) in [6.07, 6.45) is 6.32. The van der Waals surface area contributed by atoms with Crippen LogP contribution in [-0.2, 0) is 17.3 Å². The zero-order chi connectivity index (χ0) is 22.8. The molecule has 6 rings (SSSR count). The van der Waals surface area contributed by atoms with Gasteiger partial charge in [-0.25, -0.2) is 0 Å². The summed E-state index contributed by atoms with van der Waals surface area (Å²) in [5, 5.41) is 8.05. The van der Waals surface area contributed by atoms with Crippen molar-refractivity contribution in [2.24, 2.45) is 7.05 Å². The molecule has 0 saturated carbocycles. The maximum atomic E-state index is 13.1. The van der Waals surface area contributed by atoms with Gasteiger partial charge in [-0.05, 0) is 44.0 Å². The largest absolute Gasteiger partial charge is 0.497 e. The summed E-state index contributed by atoms with van der Waals surface area (Å²) >= 11 is 0. The number of nitrogens with zero attached hydrogens (tertiary/aromatic N) is 4. The van der Waals surface area contributed by atoms with Gasteiger partial charge < -0.3 is 24.3 Å². The Morgan fingerprint density at radius 3 is 2.79 bits per heavy atom. The average molecular weight is 448 g/mol. The first-order valence-corrected chi connectivity index (χ1v) is 11.5. The SMILES string of the molecule is COc1ccc2c(c1)NC1(COC3(CCN(C(=O)c4cnn(C)c4C)CC3)C1)c1cccn1-2. The van der Waals surface area contributed by atoms with Gasteiger partial charge in [0.1, 0.15) is 11.3 Å². The number of aromatic nitrogens is 3. The quantitative estimate of drug-likeness (QED) is 0.653. The van der Waals surface area contributed by atoms with E-state index in [-0.39, 0.29) is 17.0 Å². The number of nitrogens with one attached hydrogen (secondary N) is 1. The molecule has 0 radical (unpaired) electrons. The van der Waals surface area contributed by atoms with Crippen molar-refractivity contribution >= 4 is 11.6 Å². The number of benzene rings is 1. The van der Waals surface area contributed by atoms with Gasteiger partial charge in [-0.15, -0.1) is 0 Å². The van der Waals surface area contributed by atoms with E-state index in [2.05, 4.69) is 45.4 Å². The molecule has 1 aromatic carbocycles. The van der Waals surface area contributed by atoms with Gasteiger partial charge >= 0.3 is 0 Å². The van der Waals surface area contributed by atoms with E-state index in [0.29, 0.717) is 25.3 Å². The zero-order valence-electron chi connectivity index (χ0n) is 19.3. The molecule has 33 heavy (non-hydrogen) atoms. The van der Waals surface area contributed by atoms with E-state index in [1.54, 1.807) is 18.0 Å². The third kappa shape index (κ3) is 3.00. The number of carbonyl (C=O) groups is 1. The first kappa shape index (κ1) is 20.4. The molecule has 1 unspecified atom stereocenters. The lowest BCUT2D eigenvalue weighted by atomic mass is 9.79. The Bertz CT molecular complexity index is 1240. The number of carbonyl (C=O) groups excluding carboxylic acids is 1. The summed E-state index contributed by atoms with van der Waals surface area (Å²) < 4.78 is 16.1. The van der Waals surface area contributed by atoms with Crippen molar-refractivity contribution < 1.29 is 14.3 Å². The van der Waals surface area contributed by atoms with Gasteiger partial charge in [-0.3, -0.25) is 9.48 Å². The Morgan fingerprint density at radius 1 is 1.24 bits per heavy atom. The Kier molecular flexibility index (Phi) is 4.39. The van der Waals surface area contributed by atoms with E-state index in [1.165, 1.54) is 5.69 Å². The highest BCUT2D eigenvalue weighted by molar-refractivity contribution is 5.95. The summed E-state index contributed by atoms with van der Waals surface area (Å²) in [4.78, 5) is 15.0. The normalized spacial score (nSPS) is 22.8. The monoisotopic (exact) mass is 447 g/mol. The minimum Gasteiger partial charge on any atom is -0.497 e. The van der Waals surface area contributed by atoms with Crippen LogP contribution < -0.4 is 10.1 Å². The van der Waals surface area contributed by atoms with Gasteiger partial charge in [0.2, 0.25) is 0 Å². The second kappa shape index (κ2) is 7.12. The van der Waals surface area contributed by atoms with E-state index >= 15 is 0 Å². The number of methoxy groups -OCH3 is 1. The molecule has 1 atom stereocenters. The number of ether oxygens (including phenoxy) is 2. The molecule has 0 aliphatic carbocycles. The molecule has 3 aliphatic heterocycles. The smallest absolute Gasteiger partial charge is 0.257 e. The topological polar surface area (TPSA) is 73.6 Å². The van der Waals surface area contributed by atoms with Crippen molar-refractivity contribution in [3.8, 4) is 11.4 Å². The van der Waals surface area contributed by atoms with Gasteiger partial charge in [0.05, 0.1) is 48.1 Å². The van der Waals surface area contributed by atoms with Crippen LogP contribution in [0.5, 0.6) is 5.75 Å². The van der Waals surface area contributed by atoms with Crippen LogP contribution in [-0.4, -0.2) is 57.6 Å². The number of anilines is 1. The highest BCUT2D eigenvalue weighted by Crippen LogP contribution is 2.50. The van der Waals surface area contributed by atoms with Gasteiger partial charge in [0.25, 0.3) is 5.91 Å². The lowest BCUT2D eigenvalue weighted by Gasteiger charge is -2.41. The second-order valence-electron chi connectivity index (χ2n) is 9.56.